The van der Waals surface area contributed by atoms with Crippen molar-refractivity contribution in [3.63, 3.8) is 0 Å². The number of hydrogen-bond donors (Lipinski definition) is 2. The Bertz CT molecular complexity index is 1690. The molecule has 1 aromatic heterocycles. The van der Waals surface area contributed by atoms with E-state index in [1.807, 2.05) is 53.2 Å². The molecule has 226 valence electrons. The lowest BCUT2D eigenvalue weighted by atomic mass is 9.98. The number of carbonyl (C=O) groups excluding carboxylic acids is 3. The van der Waals surface area contributed by atoms with Crippen LogP contribution in [0.25, 0.3) is 10.9 Å². The molecule has 44 heavy (non-hydrogen) atoms. The summed E-state index contributed by atoms with van der Waals surface area (Å²) in [6.45, 7) is 5.09. The Morgan fingerprint density at radius 2 is 1.80 bits per heavy atom. The Morgan fingerprint density at radius 1 is 1.05 bits per heavy atom. The number of benzene rings is 3. The van der Waals surface area contributed by atoms with Crippen LogP contribution in [0.15, 0.2) is 91.6 Å². The fourth-order valence-corrected chi connectivity index (χ4v) is 6.06. The molecular weight excluding hydrogens is 558 g/mol. The molecule has 3 aromatic carbocycles. The predicted molar refractivity (Wildman–Crippen MR) is 165 cm³/mol. The van der Waals surface area contributed by atoms with Gasteiger partial charge in [0.05, 0.1) is 31.3 Å². The molecule has 2 aliphatic heterocycles. The summed E-state index contributed by atoms with van der Waals surface area (Å²) in [6.07, 6.45) is 3.11. The van der Waals surface area contributed by atoms with Gasteiger partial charge in [-0.1, -0.05) is 60.7 Å². The number of aromatic nitrogens is 2. The van der Waals surface area contributed by atoms with Crippen molar-refractivity contribution in [2.75, 3.05) is 20.1 Å². The highest BCUT2D eigenvalue weighted by Gasteiger charge is 2.50. The van der Waals surface area contributed by atoms with Gasteiger partial charge in [0.15, 0.2) is 0 Å². The Balaban J connectivity index is 1.32. The molecule has 2 fully saturated rings. The molecule has 2 saturated heterocycles. The number of nitrogens with one attached hydrogen (secondary N) is 1. The second-order valence-corrected chi connectivity index (χ2v) is 11.2. The highest BCUT2D eigenvalue weighted by molar-refractivity contribution is 5.92. The van der Waals surface area contributed by atoms with Crippen LogP contribution in [0.5, 0.6) is 5.75 Å². The standard InChI is InChI=1S/C33H35N7O4/c1-3-15-38-28-17-25(9-12-26(28)19-35-38)20-37-21-30-39(29(32(37)43)16-23-10-13-27(41)14-11-23)31(42)22-36(2)40(30)33(44)34-18-24-7-5-4-6-8-24/h3-14,17,19,29-30,41H,1,15-16,18,20-22H2,2H3,(H,34,44)/t29-,30-/m0/s1. The molecule has 6 rings (SSSR count). The Hall–Kier alpha value is -5.16. The largest absolute Gasteiger partial charge is 0.508 e. The molecule has 2 aliphatic rings. The first kappa shape index (κ1) is 28.9. The fraction of sp³-hybridized carbons (Fsp3) is 0.273. The number of rotatable bonds is 8. The molecule has 3 heterocycles. The molecule has 4 amide bonds. The minimum atomic E-state index is -0.834. The van der Waals surface area contributed by atoms with Crippen molar-refractivity contribution >= 4 is 28.7 Å². The number of nitrogens with zero attached hydrogens (tertiary/aromatic N) is 6. The highest BCUT2D eigenvalue weighted by Crippen LogP contribution is 2.29. The van der Waals surface area contributed by atoms with E-state index in [9.17, 15) is 19.5 Å². The van der Waals surface area contributed by atoms with Crippen LogP contribution >= 0.6 is 0 Å². The summed E-state index contributed by atoms with van der Waals surface area (Å²) in [5, 5.41) is 21.4. The molecule has 0 bridgehead atoms. The van der Waals surface area contributed by atoms with Crippen molar-refractivity contribution in [1.29, 1.82) is 0 Å². The van der Waals surface area contributed by atoms with Gasteiger partial charge in [0, 0.05) is 31.9 Å². The first-order chi connectivity index (χ1) is 21.3. The summed E-state index contributed by atoms with van der Waals surface area (Å²) < 4.78 is 1.85. The van der Waals surface area contributed by atoms with Gasteiger partial charge in [-0.3, -0.25) is 14.3 Å². The lowest BCUT2D eigenvalue weighted by Gasteiger charge is -2.54. The van der Waals surface area contributed by atoms with Gasteiger partial charge in [-0.15, -0.1) is 6.58 Å². The molecule has 0 aliphatic carbocycles. The maximum atomic E-state index is 14.2. The van der Waals surface area contributed by atoms with Crippen LogP contribution in [-0.4, -0.2) is 84.9 Å². The van der Waals surface area contributed by atoms with Gasteiger partial charge in [-0.25, -0.2) is 14.8 Å². The van der Waals surface area contributed by atoms with Gasteiger partial charge >= 0.3 is 6.03 Å². The van der Waals surface area contributed by atoms with E-state index in [0.717, 1.165) is 27.6 Å². The number of amides is 4. The quantitative estimate of drug-likeness (QED) is 0.304. The summed E-state index contributed by atoms with van der Waals surface area (Å²) in [5.41, 5.74) is 3.58. The van der Waals surface area contributed by atoms with E-state index >= 15 is 0 Å². The summed E-state index contributed by atoms with van der Waals surface area (Å²) in [7, 11) is 1.71. The zero-order chi connectivity index (χ0) is 30.8. The Labute approximate surface area is 255 Å². The second kappa shape index (κ2) is 12.2. The number of hydrazine groups is 1. The van der Waals surface area contributed by atoms with Gasteiger partial charge in [0.2, 0.25) is 11.8 Å². The van der Waals surface area contributed by atoms with Crippen molar-refractivity contribution in [3.8, 4) is 5.75 Å². The number of carbonyl (C=O) groups is 3. The van der Waals surface area contributed by atoms with Gasteiger partial charge < -0.3 is 20.2 Å². The van der Waals surface area contributed by atoms with Crippen LogP contribution in [-0.2, 0) is 35.6 Å². The van der Waals surface area contributed by atoms with Gasteiger partial charge in [-0.05, 0) is 34.9 Å². The molecule has 0 spiro atoms. The van der Waals surface area contributed by atoms with E-state index in [0.29, 0.717) is 19.6 Å². The number of allylic oxidation sites excluding steroid dienone is 1. The monoisotopic (exact) mass is 593 g/mol. The fourth-order valence-electron chi connectivity index (χ4n) is 6.06. The number of hydrogen-bond acceptors (Lipinski definition) is 6. The molecule has 2 atom stereocenters. The van der Waals surface area contributed by atoms with Crippen molar-refractivity contribution < 1.29 is 19.5 Å². The van der Waals surface area contributed by atoms with E-state index in [1.54, 1.807) is 63.4 Å². The number of urea groups is 1. The Kier molecular flexibility index (Phi) is 8.03. The molecule has 0 saturated carbocycles. The van der Waals surface area contributed by atoms with Crippen LogP contribution in [0.4, 0.5) is 4.79 Å². The average Bonchev–Trinajstić information content (AvgIpc) is 3.41. The van der Waals surface area contributed by atoms with E-state index in [4.69, 9.17) is 0 Å². The first-order valence-electron chi connectivity index (χ1n) is 14.6. The lowest BCUT2D eigenvalue weighted by Crippen LogP contribution is -2.76. The van der Waals surface area contributed by atoms with Crippen molar-refractivity contribution in [2.45, 2.75) is 38.3 Å². The number of phenols is 1. The maximum absolute atomic E-state index is 14.2. The smallest absolute Gasteiger partial charge is 0.334 e. The number of fused-ring (bicyclic) bond motifs is 2. The third kappa shape index (κ3) is 5.73. The van der Waals surface area contributed by atoms with Crippen LogP contribution in [0.2, 0.25) is 0 Å². The molecule has 2 N–H and O–H groups in total. The molecule has 0 unspecified atom stereocenters. The van der Waals surface area contributed by atoms with E-state index in [2.05, 4.69) is 17.0 Å². The SMILES string of the molecule is C=CCn1ncc2ccc(CN3C[C@H]4N(C(=O)CN(C)N4C(=O)NCc4ccccc4)[C@@H](Cc4ccc(O)cc4)C3=O)cc21. The van der Waals surface area contributed by atoms with Crippen LogP contribution < -0.4 is 5.32 Å². The zero-order valence-corrected chi connectivity index (χ0v) is 24.5. The first-order valence-corrected chi connectivity index (χ1v) is 14.6. The topological polar surface area (TPSA) is 114 Å². The molecule has 11 heteroatoms. The molecule has 11 nitrogen and oxygen atoms in total. The van der Waals surface area contributed by atoms with E-state index in [-0.39, 0.29) is 43.1 Å². The summed E-state index contributed by atoms with van der Waals surface area (Å²) in [4.78, 5) is 44.7. The highest BCUT2D eigenvalue weighted by atomic mass is 16.3. The average molecular weight is 594 g/mol. The molecule has 4 aromatic rings. The third-order valence-electron chi connectivity index (χ3n) is 8.18. The zero-order valence-electron chi connectivity index (χ0n) is 24.5. The minimum Gasteiger partial charge on any atom is -0.508 e. The number of phenolic OH excluding ortho intramolecular Hbond substituents is 1. The molecular formula is C33H35N7O4. The Morgan fingerprint density at radius 3 is 2.55 bits per heavy atom. The van der Waals surface area contributed by atoms with Crippen LogP contribution in [0, 0.1) is 0 Å². The lowest BCUT2D eigenvalue weighted by molar-refractivity contribution is -0.187. The predicted octanol–water partition coefficient (Wildman–Crippen LogP) is 3.11. The number of aromatic hydroxyl groups is 1. The van der Waals surface area contributed by atoms with Crippen molar-refractivity contribution in [3.05, 3.63) is 108 Å². The number of likely N-dealkylation sites (N-methyl/N-ethyl adjacent to an activating group) is 1. The van der Waals surface area contributed by atoms with Crippen molar-refractivity contribution in [1.82, 2.24) is 34.9 Å². The summed E-state index contributed by atoms with van der Waals surface area (Å²) in [5.74, 6) is -0.307. The number of piperazine rings is 1. The maximum Gasteiger partial charge on any atom is 0.334 e. The van der Waals surface area contributed by atoms with Gasteiger partial charge in [-0.2, -0.15) is 5.10 Å². The van der Waals surface area contributed by atoms with Crippen LogP contribution in [0.3, 0.4) is 0 Å². The minimum absolute atomic E-state index is 0.0431. The summed E-state index contributed by atoms with van der Waals surface area (Å²) >= 11 is 0. The van der Waals surface area contributed by atoms with Crippen LogP contribution in [0.1, 0.15) is 16.7 Å². The molecule has 0 radical (unpaired) electrons. The van der Waals surface area contributed by atoms with E-state index < -0.39 is 12.2 Å². The second-order valence-electron chi connectivity index (χ2n) is 11.2. The van der Waals surface area contributed by atoms with Gasteiger partial charge in [0.25, 0.3) is 0 Å². The van der Waals surface area contributed by atoms with Gasteiger partial charge in [0.1, 0.15) is 18.0 Å². The normalized spacial score (nSPS) is 18.9. The summed E-state index contributed by atoms with van der Waals surface area (Å²) in [6, 6.07) is 21.0. The van der Waals surface area contributed by atoms with Crippen molar-refractivity contribution in [2.24, 2.45) is 0 Å². The third-order valence-corrected chi connectivity index (χ3v) is 8.18. The van der Waals surface area contributed by atoms with E-state index in [1.165, 1.54) is 0 Å².